The zero-order valence-electron chi connectivity index (χ0n) is 10.9. The third kappa shape index (κ3) is 2.91. The summed E-state index contributed by atoms with van der Waals surface area (Å²) >= 11 is 0. The van der Waals surface area contributed by atoms with Gasteiger partial charge in [0.2, 0.25) is 0 Å². The van der Waals surface area contributed by atoms with Gasteiger partial charge in [0.25, 0.3) is 0 Å². The summed E-state index contributed by atoms with van der Waals surface area (Å²) < 4.78 is 10.9. The van der Waals surface area contributed by atoms with Crippen molar-refractivity contribution in [2.24, 2.45) is 0 Å². The molecule has 1 aromatic rings. The molecule has 92 valence electrons. The van der Waals surface area contributed by atoms with E-state index in [9.17, 15) is 0 Å². The summed E-state index contributed by atoms with van der Waals surface area (Å²) in [6.07, 6.45) is 0. The van der Waals surface area contributed by atoms with Crippen LogP contribution in [0.25, 0.3) is 0 Å². The Labute approximate surface area is 103 Å². The number of hydrogen-bond acceptors (Lipinski definition) is 3. The molecule has 0 saturated heterocycles. The molecule has 0 fully saturated rings. The van der Waals surface area contributed by atoms with Crippen LogP contribution in [0.2, 0.25) is 0 Å². The van der Waals surface area contributed by atoms with Gasteiger partial charge in [0.05, 0.1) is 11.5 Å². The Bertz CT molecular complexity index is 419. The van der Waals surface area contributed by atoms with Crippen LogP contribution in [0, 0.1) is 11.3 Å². The Balaban J connectivity index is 0.000000686. The minimum absolute atomic E-state index is 0.490. The van der Waals surface area contributed by atoms with E-state index in [1.165, 1.54) is 0 Å². The van der Waals surface area contributed by atoms with Crippen molar-refractivity contribution in [2.45, 2.75) is 33.1 Å². The van der Waals surface area contributed by atoms with Gasteiger partial charge in [-0.2, -0.15) is 5.26 Å². The number of nitriles is 1. The van der Waals surface area contributed by atoms with Crippen LogP contribution < -0.4 is 9.47 Å². The van der Waals surface area contributed by atoms with E-state index < -0.39 is 5.41 Å². The topological polar surface area (TPSA) is 42.2 Å². The first-order valence-corrected chi connectivity index (χ1v) is 5.95. The highest BCUT2D eigenvalue weighted by Crippen LogP contribution is 2.34. The van der Waals surface area contributed by atoms with Crippen molar-refractivity contribution in [3.63, 3.8) is 0 Å². The summed E-state index contributed by atoms with van der Waals surface area (Å²) in [4.78, 5) is 0. The summed E-state index contributed by atoms with van der Waals surface area (Å²) in [6.45, 7) is 8.94. The van der Waals surface area contributed by atoms with E-state index in [1.807, 2.05) is 45.9 Å². The van der Waals surface area contributed by atoms with Crippen LogP contribution in [-0.2, 0) is 5.41 Å². The van der Waals surface area contributed by atoms with Gasteiger partial charge in [0, 0.05) is 0 Å². The van der Waals surface area contributed by atoms with Gasteiger partial charge in [-0.3, -0.25) is 0 Å². The molecule has 1 heterocycles. The lowest BCUT2D eigenvalue weighted by atomic mass is 9.86. The molecule has 0 bridgehead atoms. The van der Waals surface area contributed by atoms with Gasteiger partial charge in [-0.1, -0.05) is 19.9 Å². The van der Waals surface area contributed by atoms with Crippen molar-refractivity contribution in [1.82, 2.24) is 0 Å². The van der Waals surface area contributed by atoms with Gasteiger partial charge < -0.3 is 9.47 Å². The van der Waals surface area contributed by atoms with Crippen LogP contribution in [0.3, 0.4) is 0 Å². The Morgan fingerprint density at radius 2 is 1.71 bits per heavy atom. The maximum absolute atomic E-state index is 9.03. The third-order valence-corrected chi connectivity index (χ3v) is 2.54. The summed E-state index contributed by atoms with van der Waals surface area (Å²) in [7, 11) is 0. The summed E-state index contributed by atoms with van der Waals surface area (Å²) in [5, 5.41) is 9.03. The highest BCUT2D eigenvalue weighted by Gasteiger charge is 2.22. The predicted octanol–water partition coefficient (Wildman–Crippen LogP) is 3.29. The minimum Gasteiger partial charge on any atom is -0.486 e. The first-order chi connectivity index (χ1) is 8.13. The molecule has 3 heteroatoms. The molecule has 0 N–H and O–H groups in total. The number of nitrogens with zero attached hydrogens (tertiary/aromatic N) is 1. The average molecular weight is 233 g/mol. The average Bonchev–Trinajstić information content (AvgIpc) is 2.40. The van der Waals surface area contributed by atoms with Gasteiger partial charge in [0.1, 0.15) is 13.2 Å². The Morgan fingerprint density at radius 1 is 1.12 bits per heavy atom. The maximum atomic E-state index is 9.03. The second kappa shape index (κ2) is 5.58. The normalized spacial score (nSPS) is 13.1. The van der Waals surface area contributed by atoms with Crippen molar-refractivity contribution >= 4 is 0 Å². The molecule has 0 spiro atoms. The van der Waals surface area contributed by atoms with Crippen molar-refractivity contribution in [1.29, 1.82) is 5.26 Å². The highest BCUT2D eigenvalue weighted by atomic mass is 16.6. The standard InChI is InChI=1S/C12H13NO2.C2H6/c1-12(2,8-13)9-3-4-10-11(7-9)15-6-5-14-10;1-2/h3-4,7H,5-6H2,1-2H3;1-2H3. The Morgan fingerprint density at radius 3 is 2.29 bits per heavy atom. The van der Waals surface area contributed by atoms with Crippen LogP contribution >= 0.6 is 0 Å². The molecule has 1 aromatic carbocycles. The third-order valence-electron chi connectivity index (χ3n) is 2.54. The number of fused-ring (bicyclic) bond motifs is 1. The molecule has 0 atom stereocenters. The molecule has 0 amide bonds. The number of hydrogen-bond donors (Lipinski definition) is 0. The van der Waals surface area contributed by atoms with Crippen molar-refractivity contribution in [3.8, 4) is 17.6 Å². The lowest BCUT2D eigenvalue weighted by Gasteiger charge is -2.22. The molecule has 1 aliphatic heterocycles. The van der Waals surface area contributed by atoms with Crippen LogP contribution in [0.4, 0.5) is 0 Å². The van der Waals surface area contributed by atoms with Gasteiger partial charge in [-0.05, 0) is 31.5 Å². The Kier molecular flexibility index (Phi) is 4.39. The van der Waals surface area contributed by atoms with Gasteiger partial charge in [0.15, 0.2) is 11.5 Å². The van der Waals surface area contributed by atoms with Gasteiger partial charge in [-0.25, -0.2) is 0 Å². The number of benzene rings is 1. The lowest BCUT2D eigenvalue weighted by Crippen LogP contribution is -2.18. The second-order valence-electron chi connectivity index (χ2n) is 4.10. The van der Waals surface area contributed by atoms with Crippen molar-refractivity contribution in [2.75, 3.05) is 13.2 Å². The van der Waals surface area contributed by atoms with E-state index in [4.69, 9.17) is 14.7 Å². The van der Waals surface area contributed by atoms with E-state index in [1.54, 1.807) is 0 Å². The van der Waals surface area contributed by atoms with E-state index >= 15 is 0 Å². The molecule has 0 saturated carbocycles. The maximum Gasteiger partial charge on any atom is 0.161 e. The van der Waals surface area contributed by atoms with E-state index in [0.29, 0.717) is 13.2 Å². The molecule has 0 unspecified atom stereocenters. The minimum atomic E-state index is -0.490. The fraction of sp³-hybridized carbons (Fsp3) is 0.500. The SMILES string of the molecule is CC.CC(C)(C#N)c1ccc2c(c1)OCCO2. The van der Waals surface area contributed by atoms with E-state index in [2.05, 4.69) is 6.07 Å². The van der Waals surface area contributed by atoms with Crippen molar-refractivity contribution in [3.05, 3.63) is 23.8 Å². The fourth-order valence-electron chi connectivity index (χ4n) is 1.50. The molecule has 0 radical (unpaired) electrons. The van der Waals surface area contributed by atoms with E-state index in [-0.39, 0.29) is 0 Å². The molecule has 1 aliphatic rings. The number of rotatable bonds is 1. The van der Waals surface area contributed by atoms with Crippen LogP contribution in [0.15, 0.2) is 18.2 Å². The Hall–Kier alpha value is -1.69. The monoisotopic (exact) mass is 233 g/mol. The summed E-state index contributed by atoms with van der Waals surface area (Å²) in [6, 6.07) is 7.93. The first-order valence-electron chi connectivity index (χ1n) is 5.95. The van der Waals surface area contributed by atoms with E-state index in [0.717, 1.165) is 17.1 Å². The van der Waals surface area contributed by atoms with Crippen LogP contribution in [0.1, 0.15) is 33.3 Å². The molecular formula is C14H19NO2. The molecule has 2 rings (SSSR count). The zero-order chi connectivity index (χ0) is 12.9. The molecular weight excluding hydrogens is 214 g/mol. The summed E-state index contributed by atoms with van der Waals surface area (Å²) in [5.74, 6) is 1.50. The van der Waals surface area contributed by atoms with Crippen molar-refractivity contribution < 1.29 is 9.47 Å². The lowest BCUT2D eigenvalue weighted by molar-refractivity contribution is 0.171. The van der Waals surface area contributed by atoms with Gasteiger partial charge in [-0.15, -0.1) is 0 Å². The largest absolute Gasteiger partial charge is 0.486 e. The molecule has 3 nitrogen and oxygen atoms in total. The smallest absolute Gasteiger partial charge is 0.161 e. The zero-order valence-corrected chi connectivity index (χ0v) is 10.9. The molecule has 17 heavy (non-hydrogen) atoms. The quantitative estimate of drug-likeness (QED) is 0.747. The second-order valence-corrected chi connectivity index (χ2v) is 4.10. The summed E-state index contributed by atoms with van der Waals surface area (Å²) in [5.41, 5.74) is 0.463. The highest BCUT2D eigenvalue weighted by molar-refractivity contribution is 5.47. The van der Waals surface area contributed by atoms with Crippen LogP contribution in [0.5, 0.6) is 11.5 Å². The first kappa shape index (κ1) is 13.4. The fourth-order valence-corrected chi connectivity index (χ4v) is 1.50. The number of ether oxygens (including phenoxy) is 2. The molecule has 0 aliphatic carbocycles. The molecule has 0 aromatic heterocycles. The van der Waals surface area contributed by atoms with Crippen LogP contribution in [-0.4, -0.2) is 13.2 Å². The predicted molar refractivity (Wildman–Crippen MR) is 67.4 cm³/mol. The van der Waals surface area contributed by atoms with Gasteiger partial charge >= 0.3 is 0 Å².